The molecular formula is C13H20N4S. The number of hydrogen-bond acceptors (Lipinski definition) is 4. The van der Waals surface area contributed by atoms with Crippen LogP contribution in [0.3, 0.4) is 0 Å². The molecule has 0 unspecified atom stereocenters. The molecule has 0 saturated carbocycles. The van der Waals surface area contributed by atoms with Crippen molar-refractivity contribution in [1.29, 1.82) is 0 Å². The molecule has 5 heteroatoms. The molecule has 0 radical (unpaired) electrons. The predicted molar refractivity (Wildman–Crippen MR) is 74.8 cm³/mol. The molecule has 2 heterocycles. The summed E-state index contributed by atoms with van der Waals surface area (Å²) in [6.07, 6.45) is 5.93. The van der Waals surface area contributed by atoms with Crippen molar-refractivity contribution < 1.29 is 0 Å². The van der Waals surface area contributed by atoms with E-state index in [2.05, 4.69) is 42.4 Å². The number of aryl methyl sites for hydroxylation is 2. The summed E-state index contributed by atoms with van der Waals surface area (Å²) >= 11 is 1.75. The molecule has 2 atom stereocenters. The summed E-state index contributed by atoms with van der Waals surface area (Å²) in [4.78, 5) is 5.54. The monoisotopic (exact) mass is 264 g/mol. The van der Waals surface area contributed by atoms with Crippen LogP contribution < -0.4 is 5.32 Å². The van der Waals surface area contributed by atoms with E-state index in [4.69, 9.17) is 0 Å². The molecule has 2 aromatic heterocycles. The minimum Gasteiger partial charge on any atom is -0.307 e. The van der Waals surface area contributed by atoms with Crippen LogP contribution in [0.1, 0.15) is 35.3 Å². The average Bonchev–Trinajstić information content (AvgIpc) is 2.94. The summed E-state index contributed by atoms with van der Waals surface area (Å²) in [5.41, 5.74) is 1.20. The second-order valence-electron chi connectivity index (χ2n) is 4.75. The summed E-state index contributed by atoms with van der Waals surface area (Å²) in [5, 5.41) is 9.01. The van der Waals surface area contributed by atoms with E-state index in [1.165, 1.54) is 10.4 Å². The Balaban J connectivity index is 1.89. The lowest BCUT2D eigenvalue weighted by Gasteiger charge is -2.21. The van der Waals surface area contributed by atoms with Gasteiger partial charge in [0.1, 0.15) is 0 Å². The summed E-state index contributed by atoms with van der Waals surface area (Å²) < 4.78 is 2.02. The normalized spacial score (nSPS) is 14.7. The Morgan fingerprint density at radius 2 is 2.11 bits per heavy atom. The number of nitrogens with zero attached hydrogens (tertiary/aromatic N) is 3. The van der Waals surface area contributed by atoms with E-state index in [0.717, 1.165) is 11.6 Å². The Kier molecular flexibility index (Phi) is 4.14. The minimum absolute atomic E-state index is 0.340. The summed E-state index contributed by atoms with van der Waals surface area (Å²) in [5.74, 6) is 0. The van der Waals surface area contributed by atoms with Crippen LogP contribution in [-0.4, -0.2) is 20.8 Å². The number of aromatic nitrogens is 3. The first-order valence-electron chi connectivity index (χ1n) is 6.21. The molecular weight excluding hydrogens is 244 g/mol. The summed E-state index contributed by atoms with van der Waals surface area (Å²) in [6.45, 7) is 9.34. The Morgan fingerprint density at radius 3 is 2.67 bits per heavy atom. The molecule has 18 heavy (non-hydrogen) atoms. The van der Waals surface area contributed by atoms with E-state index in [1.54, 1.807) is 11.3 Å². The first-order valence-corrected chi connectivity index (χ1v) is 7.03. The van der Waals surface area contributed by atoms with Gasteiger partial charge in [-0.2, -0.15) is 5.10 Å². The SMILES string of the molecule is Cc1cnn([C@H](C)[C@@H](C)NCc2cnc(C)s2)c1. The molecule has 1 N–H and O–H groups in total. The zero-order valence-corrected chi connectivity index (χ0v) is 12.2. The third-order valence-electron chi connectivity index (χ3n) is 3.14. The van der Waals surface area contributed by atoms with Gasteiger partial charge in [-0.25, -0.2) is 4.98 Å². The highest BCUT2D eigenvalue weighted by atomic mass is 32.1. The first kappa shape index (κ1) is 13.2. The first-order chi connectivity index (χ1) is 8.56. The van der Waals surface area contributed by atoms with Gasteiger partial charge in [-0.15, -0.1) is 11.3 Å². The lowest BCUT2D eigenvalue weighted by molar-refractivity contribution is 0.365. The van der Waals surface area contributed by atoms with E-state index in [-0.39, 0.29) is 0 Å². The standard InChI is InChI=1S/C13H20N4S/c1-9-5-16-17(8-9)11(3)10(2)14-6-13-7-15-12(4)18-13/h5,7-8,10-11,14H,6H2,1-4H3/t10-,11-/m1/s1. The fourth-order valence-electron chi connectivity index (χ4n) is 1.80. The maximum atomic E-state index is 4.36. The van der Waals surface area contributed by atoms with E-state index in [9.17, 15) is 0 Å². The van der Waals surface area contributed by atoms with Gasteiger partial charge in [0.2, 0.25) is 0 Å². The molecule has 0 amide bonds. The van der Waals surface area contributed by atoms with Crippen LogP contribution in [0.4, 0.5) is 0 Å². The van der Waals surface area contributed by atoms with Crippen molar-refractivity contribution in [2.24, 2.45) is 0 Å². The average molecular weight is 264 g/mol. The van der Waals surface area contributed by atoms with Crippen LogP contribution in [0.25, 0.3) is 0 Å². The zero-order chi connectivity index (χ0) is 13.1. The highest BCUT2D eigenvalue weighted by molar-refractivity contribution is 7.11. The molecule has 0 spiro atoms. The number of hydrogen-bond donors (Lipinski definition) is 1. The van der Waals surface area contributed by atoms with Crippen molar-refractivity contribution in [3.63, 3.8) is 0 Å². The molecule has 2 aromatic rings. The lowest BCUT2D eigenvalue weighted by atomic mass is 10.2. The van der Waals surface area contributed by atoms with E-state index in [1.807, 2.05) is 24.0 Å². The maximum Gasteiger partial charge on any atom is 0.0897 e. The molecule has 4 nitrogen and oxygen atoms in total. The van der Waals surface area contributed by atoms with Gasteiger partial charge in [-0.3, -0.25) is 4.68 Å². The molecule has 0 aliphatic carbocycles. The van der Waals surface area contributed by atoms with Gasteiger partial charge < -0.3 is 5.32 Å². The molecule has 0 aliphatic heterocycles. The van der Waals surface area contributed by atoms with Gasteiger partial charge in [0.15, 0.2) is 0 Å². The Bertz CT molecular complexity index is 503. The highest BCUT2D eigenvalue weighted by Gasteiger charge is 2.14. The van der Waals surface area contributed by atoms with Gasteiger partial charge in [-0.1, -0.05) is 0 Å². The minimum atomic E-state index is 0.340. The van der Waals surface area contributed by atoms with E-state index in [0.29, 0.717) is 12.1 Å². The summed E-state index contributed by atoms with van der Waals surface area (Å²) in [7, 11) is 0. The van der Waals surface area contributed by atoms with Gasteiger partial charge in [0, 0.05) is 29.9 Å². The summed E-state index contributed by atoms with van der Waals surface area (Å²) in [6, 6.07) is 0.708. The maximum absolute atomic E-state index is 4.36. The quantitative estimate of drug-likeness (QED) is 0.903. The van der Waals surface area contributed by atoms with Gasteiger partial charge >= 0.3 is 0 Å². The predicted octanol–water partition coefficient (Wildman–Crippen LogP) is 2.70. The van der Waals surface area contributed by atoms with Crippen molar-refractivity contribution in [2.75, 3.05) is 0 Å². The second kappa shape index (κ2) is 5.63. The van der Waals surface area contributed by atoms with Crippen molar-refractivity contribution in [3.05, 3.63) is 34.0 Å². The Morgan fingerprint density at radius 1 is 1.33 bits per heavy atom. The fraction of sp³-hybridized carbons (Fsp3) is 0.538. The molecule has 0 saturated heterocycles. The molecule has 0 aliphatic rings. The molecule has 98 valence electrons. The van der Waals surface area contributed by atoms with Crippen molar-refractivity contribution in [1.82, 2.24) is 20.1 Å². The van der Waals surface area contributed by atoms with Crippen molar-refractivity contribution in [2.45, 2.75) is 46.3 Å². The van der Waals surface area contributed by atoms with E-state index >= 15 is 0 Å². The van der Waals surface area contributed by atoms with Crippen molar-refractivity contribution in [3.8, 4) is 0 Å². The van der Waals surface area contributed by atoms with Gasteiger partial charge in [-0.05, 0) is 33.3 Å². The number of thiazole rings is 1. The Labute approximate surface area is 112 Å². The van der Waals surface area contributed by atoms with Crippen LogP contribution in [-0.2, 0) is 6.54 Å². The molecule has 2 rings (SSSR count). The van der Waals surface area contributed by atoms with Crippen LogP contribution in [0.2, 0.25) is 0 Å². The number of rotatable bonds is 5. The zero-order valence-electron chi connectivity index (χ0n) is 11.3. The fourth-order valence-corrected chi connectivity index (χ4v) is 2.55. The Hall–Kier alpha value is -1.20. The largest absolute Gasteiger partial charge is 0.307 e. The molecule has 0 aromatic carbocycles. The smallest absolute Gasteiger partial charge is 0.0897 e. The van der Waals surface area contributed by atoms with Gasteiger partial charge in [0.25, 0.3) is 0 Å². The number of nitrogens with one attached hydrogen (secondary N) is 1. The molecule has 0 fully saturated rings. The van der Waals surface area contributed by atoms with Crippen molar-refractivity contribution >= 4 is 11.3 Å². The molecule has 0 bridgehead atoms. The van der Waals surface area contributed by atoms with E-state index < -0.39 is 0 Å². The lowest BCUT2D eigenvalue weighted by Crippen LogP contribution is -2.33. The second-order valence-corrected chi connectivity index (χ2v) is 6.07. The highest BCUT2D eigenvalue weighted by Crippen LogP contribution is 2.14. The van der Waals surface area contributed by atoms with Crippen LogP contribution in [0, 0.1) is 13.8 Å². The van der Waals surface area contributed by atoms with Crippen LogP contribution >= 0.6 is 11.3 Å². The van der Waals surface area contributed by atoms with Gasteiger partial charge in [0.05, 0.1) is 17.2 Å². The third-order valence-corrected chi connectivity index (χ3v) is 4.05. The third kappa shape index (κ3) is 3.17. The van der Waals surface area contributed by atoms with Crippen LogP contribution in [0.5, 0.6) is 0 Å². The van der Waals surface area contributed by atoms with Crippen LogP contribution in [0.15, 0.2) is 18.6 Å². The topological polar surface area (TPSA) is 42.7 Å².